The molecule has 0 bridgehead atoms. The predicted octanol–water partition coefficient (Wildman–Crippen LogP) is 4.28. The molecule has 0 amide bonds. The van der Waals surface area contributed by atoms with E-state index in [1.54, 1.807) is 49.6 Å². The van der Waals surface area contributed by atoms with Crippen LogP contribution in [0.3, 0.4) is 0 Å². The molecule has 33 heavy (non-hydrogen) atoms. The molecule has 0 saturated heterocycles. The summed E-state index contributed by atoms with van der Waals surface area (Å²) in [6, 6.07) is 16.3. The number of nitro groups is 1. The minimum Gasteiger partial charge on any atom is -0.497 e. The van der Waals surface area contributed by atoms with E-state index in [0.717, 1.165) is 4.40 Å². The Bertz CT molecular complexity index is 1520. The number of nitrogens with zero attached hydrogens (tertiary/aromatic N) is 3. The van der Waals surface area contributed by atoms with Gasteiger partial charge in [0.25, 0.3) is 0 Å². The highest BCUT2D eigenvalue weighted by atomic mass is 35.5. The quantitative estimate of drug-likeness (QED) is 0.239. The molecule has 0 aliphatic rings. The van der Waals surface area contributed by atoms with Gasteiger partial charge in [0.1, 0.15) is 17.7 Å². The summed E-state index contributed by atoms with van der Waals surface area (Å²) in [4.78, 5) is 15.5. The molecule has 0 aliphatic heterocycles. The fraction of sp³-hybridized carbons (Fsp3) is 0.0870. The fourth-order valence-corrected chi connectivity index (χ4v) is 4.73. The van der Waals surface area contributed by atoms with Gasteiger partial charge in [-0.2, -0.15) is 4.40 Å². The molecule has 0 aliphatic carbocycles. The molecule has 4 rings (SSSR count). The van der Waals surface area contributed by atoms with Gasteiger partial charge in [-0.25, -0.2) is 13.4 Å². The molecule has 2 aromatic heterocycles. The summed E-state index contributed by atoms with van der Waals surface area (Å²) < 4.78 is 32.0. The number of fused-ring (bicyclic) bond motifs is 1. The molecule has 0 saturated carbocycles. The van der Waals surface area contributed by atoms with Crippen molar-refractivity contribution in [3.63, 3.8) is 0 Å². The lowest BCUT2D eigenvalue weighted by molar-refractivity contribution is -0.391. The topological polar surface area (TPSA) is 104 Å². The normalized spacial score (nSPS) is 11.1. The van der Waals surface area contributed by atoms with Crippen molar-refractivity contribution in [3.05, 3.63) is 98.8 Å². The molecular formula is C23H16ClN3O5S. The van der Waals surface area contributed by atoms with Gasteiger partial charge in [-0.05, 0) is 47.4 Å². The molecule has 0 radical (unpaired) electrons. The van der Waals surface area contributed by atoms with Gasteiger partial charge in [0, 0.05) is 5.56 Å². The van der Waals surface area contributed by atoms with Crippen LogP contribution in [0, 0.1) is 22.0 Å². The number of benzene rings is 2. The van der Waals surface area contributed by atoms with Gasteiger partial charge in [0.05, 0.1) is 22.6 Å². The second-order valence-electron chi connectivity index (χ2n) is 6.96. The van der Waals surface area contributed by atoms with Crippen molar-refractivity contribution >= 4 is 32.9 Å². The van der Waals surface area contributed by atoms with Crippen LogP contribution in [0.25, 0.3) is 5.65 Å². The van der Waals surface area contributed by atoms with Crippen molar-refractivity contribution in [1.29, 1.82) is 0 Å². The van der Waals surface area contributed by atoms with Crippen molar-refractivity contribution in [1.82, 2.24) is 9.38 Å². The Morgan fingerprint density at radius 2 is 1.82 bits per heavy atom. The van der Waals surface area contributed by atoms with Crippen molar-refractivity contribution in [2.75, 3.05) is 7.11 Å². The van der Waals surface area contributed by atoms with E-state index in [0.29, 0.717) is 16.9 Å². The highest BCUT2D eigenvalue weighted by Crippen LogP contribution is 2.28. The van der Waals surface area contributed by atoms with Crippen molar-refractivity contribution in [3.8, 4) is 17.6 Å². The third-order valence-corrected chi connectivity index (χ3v) is 6.62. The zero-order valence-corrected chi connectivity index (χ0v) is 18.8. The van der Waals surface area contributed by atoms with E-state index in [-0.39, 0.29) is 21.3 Å². The molecule has 8 nitrogen and oxygen atoms in total. The van der Waals surface area contributed by atoms with E-state index in [2.05, 4.69) is 16.8 Å². The lowest BCUT2D eigenvalue weighted by atomic mass is 10.2. The largest absolute Gasteiger partial charge is 0.497 e. The lowest BCUT2D eigenvalue weighted by Gasteiger charge is -2.02. The summed E-state index contributed by atoms with van der Waals surface area (Å²) in [5, 5.41) is 12.0. The first-order valence-corrected chi connectivity index (χ1v) is 11.6. The highest BCUT2D eigenvalue weighted by Gasteiger charge is 2.29. The standard InChI is InChI=1S/C23H16ClN3O5S/c1-32-19-11-8-16(9-12-19)7-10-17-13-18(24)14-26-22(17)25-21(23(26)27(28)29)15-33(30,31)20-5-3-2-4-6-20/h2-6,8-9,11-14H,15H2,1H3. The van der Waals surface area contributed by atoms with Crippen LogP contribution in [-0.4, -0.2) is 29.8 Å². The monoisotopic (exact) mass is 481 g/mol. The second kappa shape index (κ2) is 8.94. The summed E-state index contributed by atoms with van der Waals surface area (Å²) in [6.45, 7) is 0. The molecule has 0 N–H and O–H groups in total. The number of rotatable bonds is 5. The summed E-state index contributed by atoms with van der Waals surface area (Å²) in [5.74, 6) is 5.45. The van der Waals surface area contributed by atoms with E-state index in [4.69, 9.17) is 16.3 Å². The van der Waals surface area contributed by atoms with Gasteiger partial charge in [-0.1, -0.05) is 41.6 Å². The Morgan fingerprint density at radius 1 is 1.12 bits per heavy atom. The minimum absolute atomic E-state index is 0.0499. The number of pyridine rings is 1. The Morgan fingerprint density at radius 3 is 2.45 bits per heavy atom. The van der Waals surface area contributed by atoms with Crippen molar-refractivity contribution in [2.45, 2.75) is 10.6 Å². The number of imidazole rings is 1. The predicted molar refractivity (Wildman–Crippen MR) is 123 cm³/mol. The smallest absolute Gasteiger partial charge is 0.352 e. The Hall–Kier alpha value is -3.87. The van der Waals surface area contributed by atoms with Gasteiger partial charge in [0.15, 0.2) is 15.5 Å². The van der Waals surface area contributed by atoms with Crippen LogP contribution in [0.4, 0.5) is 5.82 Å². The van der Waals surface area contributed by atoms with Crippen LogP contribution in [0.5, 0.6) is 5.75 Å². The second-order valence-corrected chi connectivity index (χ2v) is 9.38. The molecule has 4 aromatic rings. The first kappa shape index (κ1) is 22.3. The third-order valence-electron chi connectivity index (χ3n) is 4.76. The fourth-order valence-electron chi connectivity index (χ4n) is 3.23. The molecular weight excluding hydrogens is 466 g/mol. The van der Waals surface area contributed by atoms with Crippen LogP contribution in [-0.2, 0) is 15.6 Å². The van der Waals surface area contributed by atoms with Gasteiger partial charge >= 0.3 is 5.82 Å². The number of methoxy groups -OCH3 is 1. The number of halogens is 1. The van der Waals surface area contributed by atoms with E-state index < -0.39 is 26.3 Å². The number of sulfone groups is 1. The molecule has 0 atom stereocenters. The molecule has 0 spiro atoms. The molecule has 166 valence electrons. The average molecular weight is 482 g/mol. The summed E-state index contributed by atoms with van der Waals surface area (Å²) in [5.41, 5.74) is 0.954. The summed E-state index contributed by atoms with van der Waals surface area (Å²) in [6.07, 6.45) is 1.32. The van der Waals surface area contributed by atoms with Crippen molar-refractivity contribution < 1.29 is 18.1 Å². The highest BCUT2D eigenvalue weighted by molar-refractivity contribution is 7.90. The maximum Gasteiger partial charge on any atom is 0.352 e. The summed E-state index contributed by atoms with van der Waals surface area (Å²) >= 11 is 6.19. The number of ether oxygens (including phenoxy) is 1. The van der Waals surface area contributed by atoms with E-state index >= 15 is 0 Å². The van der Waals surface area contributed by atoms with Gasteiger partial charge < -0.3 is 14.9 Å². The summed E-state index contributed by atoms with van der Waals surface area (Å²) in [7, 11) is -2.30. The average Bonchev–Trinajstić information content (AvgIpc) is 3.15. The number of hydrogen-bond donors (Lipinski definition) is 0. The van der Waals surface area contributed by atoms with E-state index in [9.17, 15) is 18.5 Å². The molecule has 2 aromatic carbocycles. The lowest BCUT2D eigenvalue weighted by Crippen LogP contribution is -2.07. The van der Waals surface area contributed by atoms with E-state index in [1.165, 1.54) is 24.4 Å². The number of hydrogen-bond acceptors (Lipinski definition) is 6. The Kier molecular flexibility index (Phi) is 6.05. The number of aromatic nitrogens is 2. The maximum atomic E-state index is 12.8. The van der Waals surface area contributed by atoms with Crippen LogP contribution >= 0.6 is 11.6 Å². The van der Waals surface area contributed by atoms with Crippen LogP contribution in [0.2, 0.25) is 5.02 Å². The first-order valence-electron chi connectivity index (χ1n) is 9.57. The molecule has 0 unspecified atom stereocenters. The third kappa shape index (κ3) is 4.67. The Labute approximate surface area is 194 Å². The first-order chi connectivity index (χ1) is 15.8. The Balaban J connectivity index is 1.83. The zero-order chi connectivity index (χ0) is 23.6. The molecule has 2 heterocycles. The molecule has 0 fully saturated rings. The van der Waals surface area contributed by atoms with Gasteiger partial charge in [-0.15, -0.1) is 0 Å². The zero-order valence-electron chi connectivity index (χ0n) is 17.2. The van der Waals surface area contributed by atoms with Gasteiger partial charge in [0.2, 0.25) is 5.65 Å². The van der Waals surface area contributed by atoms with Crippen LogP contribution < -0.4 is 4.74 Å². The van der Waals surface area contributed by atoms with E-state index in [1.807, 2.05) is 0 Å². The maximum absolute atomic E-state index is 12.8. The van der Waals surface area contributed by atoms with Gasteiger partial charge in [-0.3, -0.25) is 0 Å². The van der Waals surface area contributed by atoms with Crippen LogP contribution in [0.15, 0.2) is 71.8 Å². The minimum atomic E-state index is -3.86. The SMILES string of the molecule is COc1ccc(C#Cc2cc(Cl)cn3c([N+](=O)[O-])c(CS(=O)(=O)c4ccccc4)nc23)cc1. The molecule has 10 heteroatoms. The van der Waals surface area contributed by atoms with Crippen LogP contribution in [0.1, 0.15) is 16.8 Å². The van der Waals surface area contributed by atoms with Crippen molar-refractivity contribution in [2.24, 2.45) is 0 Å².